The molecule has 2 rings (SSSR count). The first-order valence-electron chi connectivity index (χ1n) is 10.9. The van der Waals surface area contributed by atoms with E-state index in [1.807, 2.05) is 13.8 Å². The molecule has 0 aliphatic carbocycles. The maximum Gasteiger partial charge on any atom is 0.543 e. The van der Waals surface area contributed by atoms with E-state index in [1.54, 1.807) is 31.2 Å². The molecule has 0 saturated heterocycles. The summed E-state index contributed by atoms with van der Waals surface area (Å²) in [7, 11) is 0. The Morgan fingerprint density at radius 2 is 0.972 bits per heavy atom. The first kappa shape index (κ1) is 28.1. The van der Waals surface area contributed by atoms with Gasteiger partial charge >= 0.3 is 24.2 Å². The molecule has 0 fully saturated rings. The molecule has 0 aliphatic heterocycles. The van der Waals surface area contributed by atoms with E-state index in [2.05, 4.69) is 29.6 Å². The number of hydrogen-bond acceptors (Lipinski definition) is 12. The minimum Gasteiger partial charge on any atom is -0.432 e. The van der Waals surface area contributed by atoms with Crippen molar-refractivity contribution in [1.82, 2.24) is 0 Å². The predicted molar refractivity (Wildman–Crippen MR) is 119 cm³/mol. The van der Waals surface area contributed by atoms with E-state index >= 15 is 0 Å². The highest BCUT2D eigenvalue weighted by Crippen LogP contribution is 2.09. The van der Waals surface area contributed by atoms with Gasteiger partial charge in [-0.2, -0.15) is 0 Å². The van der Waals surface area contributed by atoms with Crippen molar-refractivity contribution < 1.29 is 58.3 Å². The summed E-state index contributed by atoms with van der Waals surface area (Å²) in [6.07, 6.45) is -0.964. The molecule has 12 heteroatoms. The number of benzene rings is 2. The number of carbonyl (C=O) groups excluding carboxylic acids is 4. The summed E-state index contributed by atoms with van der Waals surface area (Å²) < 4.78 is 9.44. The third kappa shape index (κ3) is 9.99. The molecule has 0 aliphatic rings. The van der Waals surface area contributed by atoms with Gasteiger partial charge in [-0.25, -0.2) is 29.0 Å². The van der Waals surface area contributed by atoms with Crippen LogP contribution in [0.15, 0.2) is 48.5 Å². The molecule has 0 N–H and O–H groups in total. The molecule has 2 aromatic rings. The Kier molecular flexibility index (Phi) is 11.7. The second-order valence-corrected chi connectivity index (χ2v) is 7.37. The smallest absolute Gasteiger partial charge is 0.432 e. The monoisotopic (exact) mass is 506 g/mol. The molecule has 12 nitrogen and oxygen atoms in total. The maximum absolute atomic E-state index is 11.8. The van der Waals surface area contributed by atoms with E-state index in [4.69, 9.17) is 9.47 Å². The maximum atomic E-state index is 11.8. The van der Waals surface area contributed by atoms with Gasteiger partial charge < -0.3 is 9.47 Å². The molecule has 0 spiro atoms. The van der Waals surface area contributed by atoms with E-state index in [0.717, 1.165) is 24.0 Å². The first-order valence-corrected chi connectivity index (χ1v) is 10.9. The van der Waals surface area contributed by atoms with Crippen LogP contribution in [0.1, 0.15) is 52.6 Å². The molecule has 0 amide bonds. The van der Waals surface area contributed by atoms with Gasteiger partial charge in [0.05, 0.1) is 21.2 Å². The minimum absolute atomic E-state index is 0.200. The standard InChI is InChI=1S/C24H26O12/c1-4-17-6-10-19(11-7-17)21(25)31-35-33-23(27)29-14-16(3)15-30-24(28)34-36-32-22(26)20-12-8-18(5-2)9-13-20/h6-13,16H,4-5,14-15H2,1-3H3. The number of rotatable bonds is 12. The van der Waals surface area contributed by atoms with E-state index in [9.17, 15) is 19.2 Å². The fraction of sp³-hybridized carbons (Fsp3) is 0.333. The zero-order valence-electron chi connectivity index (χ0n) is 19.9. The molecule has 0 bridgehead atoms. The summed E-state index contributed by atoms with van der Waals surface area (Å²) in [5.74, 6) is -2.23. The van der Waals surface area contributed by atoms with Crippen molar-refractivity contribution in [3.05, 3.63) is 70.8 Å². The molecule has 36 heavy (non-hydrogen) atoms. The van der Waals surface area contributed by atoms with Crippen LogP contribution in [0, 0.1) is 5.92 Å². The third-order valence-electron chi connectivity index (χ3n) is 4.59. The van der Waals surface area contributed by atoms with Crippen molar-refractivity contribution in [2.24, 2.45) is 5.92 Å². The van der Waals surface area contributed by atoms with Crippen molar-refractivity contribution in [2.75, 3.05) is 13.2 Å². The van der Waals surface area contributed by atoms with Crippen LogP contribution in [0.2, 0.25) is 0 Å². The zero-order chi connectivity index (χ0) is 26.3. The molecule has 0 aromatic heterocycles. The zero-order valence-corrected chi connectivity index (χ0v) is 19.9. The molecule has 194 valence electrons. The van der Waals surface area contributed by atoms with E-state index in [-0.39, 0.29) is 24.3 Å². The molecule has 0 atom stereocenters. The van der Waals surface area contributed by atoms with Crippen molar-refractivity contribution in [1.29, 1.82) is 0 Å². The highest BCUT2D eigenvalue weighted by molar-refractivity contribution is 5.89. The number of carbonyl (C=O) groups is 4. The van der Waals surface area contributed by atoms with Crippen molar-refractivity contribution in [2.45, 2.75) is 33.6 Å². The fourth-order valence-corrected chi connectivity index (χ4v) is 2.52. The topological polar surface area (TPSA) is 142 Å². The number of ether oxygens (including phenoxy) is 2. The van der Waals surface area contributed by atoms with Gasteiger partial charge in [0.2, 0.25) is 0 Å². The molecular formula is C24H26O12. The molecular weight excluding hydrogens is 480 g/mol. The van der Waals surface area contributed by atoms with E-state index < -0.39 is 30.2 Å². The lowest BCUT2D eigenvalue weighted by Crippen LogP contribution is -2.20. The van der Waals surface area contributed by atoms with Gasteiger partial charge in [-0.1, -0.05) is 45.0 Å². The van der Waals surface area contributed by atoms with Gasteiger partial charge in [-0.3, -0.25) is 9.78 Å². The molecule has 2 aromatic carbocycles. The molecule has 0 heterocycles. The largest absolute Gasteiger partial charge is 0.543 e. The van der Waals surface area contributed by atoms with Crippen LogP contribution in [0.25, 0.3) is 0 Å². The van der Waals surface area contributed by atoms with Crippen LogP contribution in [0.3, 0.4) is 0 Å². The molecule has 0 radical (unpaired) electrons. The normalized spacial score (nSPS) is 10.3. The van der Waals surface area contributed by atoms with Gasteiger partial charge in [-0.15, -0.1) is 0 Å². The quantitative estimate of drug-likeness (QED) is 0.228. The average Bonchev–Trinajstić information content (AvgIpc) is 2.90. The predicted octanol–water partition coefficient (Wildman–Crippen LogP) is 4.46. The van der Waals surface area contributed by atoms with Crippen LogP contribution in [-0.2, 0) is 51.9 Å². The SMILES string of the molecule is CCc1ccc(C(=O)OOOC(=O)OCC(C)COC(=O)OOOC(=O)c2ccc(CC)cc2)cc1. The van der Waals surface area contributed by atoms with Crippen LogP contribution < -0.4 is 0 Å². The number of aryl methyl sites for hydroxylation is 2. The van der Waals surface area contributed by atoms with Crippen LogP contribution >= 0.6 is 0 Å². The van der Waals surface area contributed by atoms with Gasteiger partial charge in [-0.05, 0) is 48.2 Å². The van der Waals surface area contributed by atoms with Crippen molar-refractivity contribution in [3.63, 3.8) is 0 Å². The highest BCUT2D eigenvalue weighted by atomic mass is 17.5. The van der Waals surface area contributed by atoms with Crippen LogP contribution in [-0.4, -0.2) is 37.5 Å². The highest BCUT2D eigenvalue weighted by Gasteiger charge is 2.16. The van der Waals surface area contributed by atoms with Gasteiger partial charge in [0.1, 0.15) is 13.2 Å². The van der Waals surface area contributed by atoms with E-state index in [0.29, 0.717) is 0 Å². The van der Waals surface area contributed by atoms with Gasteiger partial charge in [0, 0.05) is 5.92 Å². The first-order chi connectivity index (χ1) is 17.3. The summed E-state index contributed by atoms with van der Waals surface area (Å²) in [4.78, 5) is 63.6. The molecule has 0 unspecified atom stereocenters. The lowest BCUT2D eigenvalue weighted by molar-refractivity contribution is -0.452. The van der Waals surface area contributed by atoms with Gasteiger partial charge in [0.15, 0.2) is 0 Å². The Morgan fingerprint density at radius 1 is 0.611 bits per heavy atom. The summed E-state index contributed by atoms with van der Waals surface area (Å²) in [6.45, 7) is 5.02. The second-order valence-electron chi connectivity index (χ2n) is 7.37. The summed E-state index contributed by atoms with van der Waals surface area (Å²) in [5.41, 5.74) is 2.46. The lowest BCUT2D eigenvalue weighted by Gasteiger charge is -2.11. The van der Waals surface area contributed by atoms with Gasteiger partial charge in [0.25, 0.3) is 0 Å². The fourth-order valence-electron chi connectivity index (χ4n) is 2.52. The summed E-state index contributed by atoms with van der Waals surface area (Å²) in [6, 6.07) is 13.1. The Hall–Kier alpha value is -4.16. The van der Waals surface area contributed by atoms with E-state index in [1.165, 1.54) is 24.3 Å². The Labute approximate surface area is 206 Å². The number of hydrogen-bond donors (Lipinski definition) is 0. The third-order valence-corrected chi connectivity index (χ3v) is 4.59. The average molecular weight is 506 g/mol. The van der Waals surface area contributed by atoms with Crippen molar-refractivity contribution in [3.8, 4) is 0 Å². The lowest BCUT2D eigenvalue weighted by atomic mass is 10.1. The Balaban J connectivity index is 1.54. The summed E-state index contributed by atoms with van der Waals surface area (Å²) in [5, 5.41) is 8.24. The van der Waals surface area contributed by atoms with Crippen LogP contribution in [0.4, 0.5) is 9.59 Å². The van der Waals surface area contributed by atoms with Crippen LogP contribution in [0.5, 0.6) is 0 Å². The molecule has 0 saturated carbocycles. The summed E-state index contributed by atoms with van der Waals surface area (Å²) >= 11 is 0. The van der Waals surface area contributed by atoms with Crippen molar-refractivity contribution >= 4 is 24.2 Å². The second kappa shape index (κ2) is 15.0. The Bertz CT molecular complexity index is 919. The Morgan fingerprint density at radius 3 is 1.31 bits per heavy atom. The minimum atomic E-state index is -1.29.